The predicted molar refractivity (Wildman–Crippen MR) is 95.8 cm³/mol. The summed E-state index contributed by atoms with van der Waals surface area (Å²) in [7, 11) is 0. The van der Waals surface area contributed by atoms with E-state index < -0.39 is 11.6 Å². The molecule has 0 aliphatic carbocycles. The first-order chi connectivity index (χ1) is 11.5. The number of benzene rings is 2. The van der Waals surface area contributed by atoms with E-state index in [0.717, 1.165) is 17.7 Å². The second kappa shape index (κ2) is 8.38. The van der Waals surface area contributed by atoms with Gasteiger partial charge in [-0.3, -0.25) is 9.69 Å². The number of anilines is 1. The molecule has 3 N–H and O–H groups in total. The molecular formula is C18H20ClF2N3O. The third kappa shape index (κ3) is 4.75. The lowest BCUT2D eigenvalue weighted by Gasteiger charge is -2.16. The van der Waals surface area contributed by atoms with Crippen LogP contribution in [0.25, 0.3) is 0 Å². The van der Waals surface area contributed by atoms with E-state index in [1.165, 1.54) is 6.07 Å². The molecule has 0 saturated carbocycles. The highest BCUT2D eigenvalue weighted by Gasteiger charge is 2.31. The van der Waals surface area contributed by atoms with E-state index in [4.69, 9.17) is 5.73 Å². The van der Waals surface area contributed by atoms with Crippen molar-refractivity contribution in [1.82, 2.24) is 4.90 Å². The number of amides is 1. The molecule has 2 aromatic carbocycles. The molecular weight excluding hydrogens is 348 g/mol. The third-order valence-corrected chi connectivity index (χ3v) is 4.24. The second-order valence-electron chi connectivity index (χ2n) is 6.05. The van der Waals surface area contributed by atoms with E-state index in [1.807, 2.05) is 35.2 Å². The zero-order valence-corrected chi connectivity index (χ0v) is 14.3. The van der Waals surface area contributed by atoms with Gasteiger partial charge < -0.3 is 11.1 Å². The van der Waals surface area contributed by atoms with Crippen LogP contribution in [0.3, 0.4) is 0 Å². The molecule has 1 amide bonds. The maximum absolute atomic E-state index is 13.2. The van der Waals surface area contributed by atoms with E-state index in [-0.39, 0.29) is 42.5 Å². The average Bonchev–Trinajstić information content (AvgIpc) is 2.92. The number of nitrogens with two attached hydrogens (primary N) is 1. The van der Waals surface area contributed by atoms with E-state index in [1.54, 1.807) is 0 Å². The standard InChI is InChI=1S/C18H19F2N3O.ClH/c19-15-7-6-13(8-16(15)20)22-18(24)11-23-9-14(17(21)10-23)12-4-2-1-3-5-12;/h1-8,14,17H,9-11,21H2,(H,22,24);1H/t14-,17+;/m0./s1. The van der Waals surface area contributed by atoms with E-state index in [9.17, 15) is 13.6 Å². The summed E-state index contributed by atoms with van der Waals surface area (Å²) in [5.74, 6) is -2.02. The number of carbonyl (C=O) groups is 1. The van der Waals surface area contributed by atoms with Gasteiger partial charge in [0.1, 0.15) is 0 Å². The minimum atomic E-state index is -0.986. The maximum Gasteiger partial charge on any atom is 0.238 e. The molecule has 1 aliphatic heterocycles. The van der Waals surface area contributed by atoms with Crippen LogP contribution in [-0.2, 0) is 4.79 Å². The predicted octanol–water partition coefficient (Wildman–Crippen LogP) is 2.75. The molecule has 1 aliphatic rings. The molecule has 2 aromatic rings. The number of carbonyl (C=O) groups excluding carboxylic acids is 1. The molecule has 1 heterocycles. The van der Waals surface area contributed by atoms with Gasteiger partial charge in [-0.2, -0.15) is 0 Å². The lowest BCUT2D eigenvalue weighted by molar-refractivity contribution is -0.117. The Kier molecular flexibility index (Phi) is 6.47. The molecule has 1 saturated heterocycles. The Balaban J connectivity index is 0.00000225. The number of nitrogens with one attached hydrogen (secondary N) is 1. The monoisotopic (exact) mass is 367 g/mol. The first-order valence-electron chi connectivity index (χ1n) is 7.80. The lowest BCUT2D eigenvalue weighted by atomic mass is 9.95. The molecule has 0 bridgehead atoms. The number of hydrogen-bond donors (Lipinski definition) is 2. The zero-order chi connectivity index (χ0) is 17.1. The topological polar surface area (TPSA) is 58.4 Å². The van der Waals surface area contributed by atoms with Crippen molar-refractivity contribution in [3.05, 3.63) is 65.7 Å². The molecule has 0 unspecified atom stereocenters. The summed E-state index contributed by atoms with van der Waals surface area (Å²) in [4.78, 5) is 14.1. The van der Waals surface area contributed by atoms with Crippen molar-refractivity contribution in [3.63, 3.8) is 0 Å². The van der Waals surface area contributed by atoms with E-state index in [0.29, 0.717) is 13.1 Å². The highest BCUT2D eigenvalue weighted by molar-refractivity contribution is 5.92. The van der Waals surface area contributed by atoms with Gasteiger partial charge in [0.05, 0.1) is 6.54 Å². The summed E-state index contributed by atoms with van der Waals surface area (Å²) in [5.41, 5.74) is 7.60. The van der Waals surface area contributed by atoms with Crippen LogP contribution < -0.4 is 11.1 Å². The molecule has 3 rings (SSSR count). The molecule has 134 valence electrons. The van der Waals surface area contributed by atoms with Crippen LogP contribution in [0, 0.1) is 11.6 Å². The lowest BCUT2D eigenvalue weighted by Crippen LogP contribution is -2.33. The summed E-state index contributed by atoms with van der Waals surface area (Å²) in [5, 5.41) is 2.58. The molecule has 0 spiro atoms. The largest absolute Gasteiger partial charge is 0.326 e. The maximum atomic E-state index is 13.2. The first-order valence-corrected chi connectivity index (χ1v) is 7.80. The Morgan fingerprint density at radius 2 is 1.84 bits per heavy atom. The highest BCUT2D eigenvalue weighted by Crippen LogP contribution is 2.26. The van der Waals surface area contributed by atoms with Crippen LogP contribution in [0.4, 0.5) is 14.5 Å². The smallest absolute Gasteiger partial charge is 0.238 e. The van der Waals surface area contributed by atoms with Crippen molar-refractivity contribution >= 4 is 24.0 Å². The second-order valence-corrected chi connectivity index (χ2v) is 6.05. The van der Waals surface area contributed by atoms with Crippen LogP contribution in [0.1, 0.15) is 11.5 Å². The fourth-order valence-corrected chi connectivity index (χ4v) is 3.07. The molecule has 25 heavy (non-hydrogen) atoms. The summed E-state index contributed by atoms with van der Waals surface area (Å²) in [6, 6.07) is 13.2. The first kappa shape index (κ1) is 19.3. The van der Waals surface area contributed by atoms with Gasteiger partial charge in [0.25, 0.3) is 0 Å². The van der Waals surface area contributed by atoms with Crippen molar-refractivity contribution in [2.45, 2.75) is 12.0 Å². The third-order valence-electron chi connectivity index (χ3n) is 4.24. The summed E-state index contributed by atoms with van der Waals surface area (Å²) in [6.45, 7) is 1.47. The van der Waals surface area contributed by atoms with Crippen LogP contribution in [0.2, 0.25) is 0 Å². The Bertz CT molecular complexity index is 730. The minimum absolute atomic E-state index is 0. The number of likely N-dealkylation sites (tertiary alicyclic amines) is 1. The number of rotatable bonds is 4. The van der Waals surface area contributed by atoms with Gasteiger partial charge in [-0.1, -0.05) is 30.3 Å². The minimum Gasteiger partial charge on any atom is -0.326 e. The Hall–Kier alpha value is -2.02. The normalized spacial score (nSPS) is 20.1. The SMILES string of the molecule is Cl.N[C@@H]1CN(CC(=O)Nc2ccc(F)c(F)c2)C[C@H]1c1ccccc1. The quantitative estimate of drug-likeness (QED) is 0.873. The molecule has 0 radical (unpaired) electrons. The molecule has 7 heteroatoms. The van der Waals surface area contributed by atoms with Crippen molar-refractivity contribution in [3.8, 4) is 0 Å². The number of halogens is 3. The van der Waals surface area contributed by atoms with E-state index in [2.05, 4.69) is 5.32 Å². The highest BCUT2D eigenvalue weighted by atomic mass is 35.5. The molecule has 2 atom stereocenters. The van der Waals surface area contributed by atoms with Gasteiger partial charge in [0.15, 0.2) is 11.6 Å². The van der Waals surface area contributed by atoms with Crippen LogP contribution in [0.15, 0.2) is 48.5 Å². The van der Waals surface area contributed by atoms with Gasteiger partial charge in [-0.05, 0) is 17.7 Å². The van der Waals surface area contributed by atoms with Gasteiger partial charge in [0, 0.05) is 36.8 Å². The average molecular weight is 368 g/mol. The van der Waals surface area contributed by atoms with Gasteiger partial charge in [-0.15, -0.1) is 12.4 Å². The van der Waals surface area contributed by atoms with Gasteiger partial charge in [-0.25, -0.2) is 8.78 Å². The number of nitrogens with zero attached hydrogens (tertiary/aromatic N) is 1. The molecule has 1 fully saturated rings. The molecule has 4 nitrogen and oxygen atoms in total. The fraction of sp³-hybridized carbons (Fsp3) is 0.278. The van der Waals surface area contributed by atoms with Gasteiger partial charge >= 0.3 is 0 Å². The number of hydrogen-bond acceptors (Lipinski definition) is 3. The summed E-state index contributed by atoms with van der Waals surface area (Å²) in [6.07, 6.45) is 0. The Labute approximate surface area is 151 Å². The summed E-state index contributed by atoms with van der Waals surface area (Å²) >= 11 is 0. The van der Waals surface area contributed by atoms with Crippen LogP contribution >= 0.6 is 12.4 Å². The zero-order valence-electron chi connectivity index (χ0n) is 13.5. The Morgan fingerprint density at radius 1 is 1.12 bits per heavy atom. The van der Waals surface area contributed by atoms with Gasteiger partial charge in [0.2, 0.25) is 5.91 Å². The van der Waals surface area contributed by atoms with Crippen molar-refractivity contribution in [2.75, 3.05) is 25.0 Å². The fourth-order valence-electron chi connectivity index (χ4n) is 3.07. The van der Waals surface area contributed by atoms with Crippen molar-refractivity contribution in [1.29, 1.82) is 0 Å². The summed E-state index contributed by atoms with van der Waals surface area (Å²) < 4.78 is 26.1. The van der Waals surface area contributed by atoms with Crippen molar-refractivity contribution < 1.29 is 13.6 Å². The molecule has 0 aromatic heterocycles. The van der Waals surface area contributed by atoms with Crippen molar-refractivity contribution in [2.24, 2.45) is 5.73 Å². The Morgan fingerprint density at radius 3 is 2.52 bits per heavy atom. The van der Waals surface area contributed by atoms with E-state index >= 15 is 0 Å². The van der Waals surface area contributed by atoms with Crippen LogP contribution in [0.5, 0.6) is 0 Å². The van der Waals surface area contributed by atoms with Crippen LogP contribution in [-0.4, -0.2) is 36.5 Å².